The molecule has 0 aromatic heterocycles. The van der Waals surface area contributed by atoms with Gasteiger partial charge < -0.3 is 19.7 Å². The maximum Gasteiger partial charge on any atom is 0.258 e. The lowest BCUT2D eigenvalue weighted by molar-refractivity contribution is -0.134. The van der Waals surface area contributed by atoms with Gasteiger partial charge in [-0.05, 0) is 73.1 Å². The van der Waals surface area contributed by atoms with Crippen LogP contribution in [0.1, 0.15) is 48.4 Å². The minimum absolute atomic E-state index is 0.0859. The average Bonchev–Trinajstić information content (AvgIpc) is 3.56. The second-order valence-electron chi connectivity index (χ2n) is 9.10. The van der Waals surface area contributed by atoms with E-state index in [1.807, 2.05) is 23.1 Å². The Labute approximate surface area is 193 Å². The molecule has 0 spiro atoms. The number of nitrogens with one attached hydrogen (secondary N) is 1. The minimum Gasteiger partial charge on any atom is -0.484 e. The van der Waals surface area contributed by atoms with Crippen LogP contribution in [0.4, 0.5) is 4.39 Å². The Kier molecular flexibility index (Phi) is 6.31. The summed E-state index contributed by atoms with van der Waals surface area (Å²) in [6, 6.07) is 11.9. The van der Waals surface area contributed by atoms with Gasteiger partial charge in [0.05, 0.1) is 12.1 Å². The summed E-state index contributed by atoms with van der Waals surface area (Å²) in [7, 11) is 0. The van der Waals surface area contributed by atoms with Crippen molar-refractivity contribution in [3.05, 3.63) is 65.0 Å². The van der Waals surface area contributed by atoms with Gasteiger partial charge in [0.2, 0.25) is 5.91 Å². The Hall–Kier alpha value is -2.93. The Morgan fingerprint density at radius 1 is 1.12 bits per heavy atom. The number of carbonyl (C=O) groups excluding carboxylic acids is 2. The van der Waals surface area contributed by atoms with Gasteiger partial charge in [0.15, 0.2) is 6.61 Å². The van der Waals surface area contributed by atoms with Crippen molar-refractivity contribution in [2.75, 3.05) is 26.3 Å². The van der Waals surface area contributed by atoms with E-state index >= 15 is 0 Å². The van der Waals surface area contributed by atoms with Crippen molar-refractivity contribution in [2.45, 2.75) is 44.2 Å². The van der Waals surface area contributed by atoms with Crippen LogP contribution >= 0.6 is 0 Å². The third-order valence-electron chi connectivity index (χ3n) is 6.66. The molecule has 1 aliphatic carbocycles. The van der Waals surface area contributed by atoms with Crippen molar-refractivity contribution >= 4 is 11.8 Å². The lowest BCUT2D eigenvalue weighted by Gasteiger charge is -2.38. The zero-order chi connectivity index (χ0) is 22.8. The number of hydrogen-bond acceptors (Lipinski definition) is 4. The molecule has 2 aromatic rings. The standard InChI is InChI=1S/C26H29FN2O4/c27-20-8-5-18(6-9-20)25-23-14-21(33-16-24(30)28-15-22-2-1-13-32-22)10-7-17(23)11-12-29(25)26(31)19-3-4-19/h5-10,14,19,22,25H,1-4,11-13,15-16H2,(H,28,30). The third-order valence-corrected chi connectivity index (χ3v) is 6.66. The fourth-order valence-electron chi connectivity index (χ4n) is 4.72. The normalized spacial score (nSPS) is 22.0. The summed E-state index contributed by atoms with van der Waals surface area (Å²) in [5.74, 6) is 0.343. The summed E-state index contributed by atoms with van der Waals surface area (Å²) >= 11 is 0. The van der Waals surface area contributed by atoms with E-state index in [-0.39, 0.29) is 42.3 Å². The number of amides is 2. The van der Waals surface area contributed by atoms with Gasteiger partial charge in [-0.1, -0.05) is 18.2 Å². The molecule has 1 saturated carbocycles. The molecule has 5 rings (SSSR count). The van der Waals surface area contributed by atoms with Gasteiger partial charge in [0.1, 0.15) is 11.6 Å². The van der Waals surface area contributed by atoms with Gasteiger partial charge in [-0.3, -0.25) is 9.59 Å². The smallest absolute Gasteiger partial charge is 0.258 e. The van der Waals surface area contributed by atoms with Gasteiger partial charge in [0.25, 0.3) is 5.91 Å². The molecule has 2 amide bonds. The van der Waals surface area contributed by atoms with Gasteiger partial charge in [-0.2, -0.15) is 0 Å². The highest BCUT2D eigenvalue weighted by atomic mass is 19.1. The largest absolute Gasteiger partial charge is 0.484 e. The van der Waals surface area contributed by atoms with Crippen molar-refractivity contribution in [3.63, 3.8) is 0 Å². The first-order valence-corrected chi connectivity index (χ1v) is 11.8. The van der Waals surface area contributed by atoms with E-state index < -0.39 is 0 Å². The van der Waals surface area contributed by atoms with Crippen molar-refractivity contribution < 1.29 is 23.5 Å². The van der Waals surface area contributed by atoms with E-state index in [0.29, 0.717) is 18.8 Å². The molecule has 0 bridgehead atoms. The summed E-state index contributed by atoms with van der Waals surface area (Å²) in [4.78, 5) is 27.2. The highest BCUT2D eigenvalue weighted by Gasteiger charge is 2.39. The zero-order valence-corrected chi connectivity index (χ0v) is 18.6. The van der Waals surface area contributed by atoms with Gasteiger partial charge in [-0.15, -0.1) is 0 Å². The molecular formula is C26H29FN2O4. The summed E-state index contributed by atoms with van der Waals surface area (Å²) in [6.07, 6.45) is 4.71. The van der Waals surface area contributed by atoms with Gasteiger partial charge in [0, 0.05) is 25.6 Å². The maximum absolute atomic E-state index is 13.6. The molecule has 33 heavy (non-hydrogen) atoms. The van der Waals surface area contributed by atoms with Crippen molar-refractivity contribution in [2.24, 2.45) is 5.92 Å². The molecule has 1 N–H and O–H groups in total. The Bertz CT molecular complexity index is 1020. The highest BCUT2D eigenvalue weighted by Crippen LogP contribution is 2.41. The second kappa shape index (κ2) is 9.51. The summed E-state index contributed by atoms with van der Waals surface area (Å²) in [5, 5.41) is 2.86. The molecule has 6 nitrogen and oxygen atoms in total. The molecular weight excluding hydrogens is 423 g/mol. The minimum atomic E-state index is -0.305. The van der Waals surface area contributed by atoms with E-state index in [4.69, 9.17) is 9.47 Å². The molecule has 2 heterocycles. The van der Waals surface area contributed by atoms with Crippen molar-refractivity contribution in [1.29, 1.82) is 0 Å². The monoisotopic (exact) mass is 452 g/mol. The predicted molar refractivity (Wildman–Crippen MR) is 120 cm³/mol. The molecule has 2 unspecified atom stereocenters. The molecule has 2 aliphatic heterocycles. The number of hydrogen-bond donors (Lipinski definition) is 1. The number of carbonyl (C=O) groups is 2. The Morgan fingerprint density at radius 3 is 2.67 bits per heavy atom. The van der Waals surface area contributed by atoms with Gasteiger partial charge in [-0.25, -0.2) is 4.39 Å². The fraction of sp³-hybridized carbons (Fsp3) is 0.462. The number of rotatable bonds is 7. The molecule has 2 aromatic carbocycles. The molecule has 174 valence electrons. The van der Waals surface area contributed by atoms with Crippen LogP contribution in [0.2, 0.25) is 0 Å². The zero-order valence-electron chi connectivity index (χ0n) is 18.6. The number of halogens is 1. The van der Waals surface area contributed by atoms with Crippen LogP contribution in [-0.4, -0.2) is 49.1 Å². The van der Waals surface area contributed by atoms with Crippen LogP contribution < -0.4 is 10.1 Å². The fourth-order valence-corrected chi connectivity index (χ4v) is 4.72. The van der Waals surface area contributed by atoms with Crippen LogP contribution in [0.3, 0.4) is 0 Å². The third kappa shape index (κ3) is 5.03. The first-order chi connectivity index (χ1) is 16.1. The van der Waals surface area contributed by atoms with E-state index in [1.54, 1.807) is 12.1 Å². The van der Waals surface area contributed by atoms with Gasteiger partial charge >= 0.3 is 0 Å². The molecule has 2 fully saturated rings. The number of fused-ring (bicyclic) bond motifs is 1. The van der Waals surface area contributed by atoms with Crippen molar-refractivity contribution in [3.8, 4) is 5.75 Å². The van der Waals surface area contributed by atoms with E-state index in [2.05, 4.69) is 5.32 Å². The lowest BCUT2D eigenvalue weighted by atomic mass is 9.87. The Balaban J connectivity index is 1.33. The molecule has 1 saturated heterocycles. The predicted octanol–water partition coefficient (Wildman–Crippen LogP) is 3.38. The number of nitrogens with zero attached hydrogens (tertiary/aromatic N) is 1. The summed E-state index contributed by atoms with van der Waals surface area (Å²) in [6.45, 7) is 1.80. The molecule has 7 heteroatoms. The molecule has 0 radical (unpaired) electrons. The summed E-state index contributed by atoms with van der Waals surface area (Å²) in [5.41, 5.74) is 2.98. The van der Waals surface area contributed by atoms with Crippen LogP contribution in [0, 0.1) is 11.7 Å². The highest BCUT2D eigenvalue weighted by molar-refractivity contribution is 5.82. The average molecular weight is 453 g/mol. The molecule has 3 aliphatic rings. The topological polar surface area (TPSA) is 67.9 Å². The second-order valence-corrected chi connectivity index (χ2v) is 9.10. The van der Waals surface area contributed by atoms with E-state index in [9.17, 15) is 14.0 Å². The SMILES string of the molecule is O=C(COc1ccc2c(c1)C(c1ccc(F)cc1)N(C(=O)C1CC1)CC2)NCC1CCCO1. The lowest BCUT2D eigenvalue weighted by Crippen LogP contribution is -2.41. The molecule has 2 atom stereocenters. The van der Waals surface area contributed by atoms with Crippen molar-refractivity contribution in [1.82, 2.24) is 10.2 Å². The Morgan fingerprint density at radius 2 is 1.94 bits per heavy atom. The maximum atomic E-state index is 13.6. The van der Waals surface area contributed by atoms with Crippen LogP contribution in [0.15, 0.2) is 42.5 Å². The first-order valence-electron chi connectivity index (χ1n) is 11.8. The number of ether oxygens (including phenoxy) is 2. The quantitative estimate of drug-likeness (QED) is 0.700. The summed E-state index contributed by atoms with van der Waals surface area (Å²) < 4.78 is 24.9. The van der Waals surface area contributed by atoms with Crippen LogP contribution in [0.5, 0.6) is 5.75 Å². The van der Waals surface area contributed by atoms with Crippen LogP contribution in [-0.2, 0) is 20.7 Å². The van der Waals surface area contributed by atoms with E-state index in [1.165, 1.54) is 12.1 Å². The number of benzene rings is 2. The van der Waals surface area contributed by atoms with Crippen LogP contribution in [0.25, 0.3) is 0 Å². The van der Waals surface area contributed by atoms with E-state index in [0.717, 1.165) is 55.4 Å². The first kappa shape index (κ1) is 21.9.